The van der Waals surface area contributed by atoms with Crippen molar-refractivity contribution in [1.29, 1.82) is 5.26 Å². The molecule has 2 heterocycles. The molecule has 212 valence electrons. The minimum atomic E-state index is -1.11. The number of thiazole rings is 1. The van der Waals surface area contributed by atoms with Crippen LogP contribution in [0.25, 0.3) is 10.2 Å². The van der Waals surface area contributed by atoms with Crippen LogP contribution in [0.2, 0.25) is 0 Å². The first-order chi connectivity index (χ1) is 19.8. The summed E-state index contributed by atoms with van der Waals surface area (Å²) in [6.07, 6.45) is 5.33. The first-order valence-corrected chi connectivity index (χ1v) is 15.2. The van der Waals surface area contributed by atoms with E-state index in [1.165, 1.54) is 17.4 Å². The summed E-state index contributed by atoms with van der Waals surface area (Å²) in [5, 5.41) is 26.1. The zero-order valence-electron chi connectivity index (χ0n) is 23.2. The minimum absolute atomic E-state index is 0.0154. The molecule has 0 aliphatic heterocycles. The van der Waals surface area contributed by atoms with Gasteiger partial charge in [0, 0.05) is 11.5 Å². The molecule has 4 atom stereocenters. The maximum Gasteiger partial charge on any atom is 0.151 e. The number of aryl methyl sites for hydroxylation is 2. The zero-order chi connectivity index (χ0) is 28.3. The van der Waals surface area contributed by atoms with Gasteiger partial charge < -0.3 is 19.1 Å². The Morgan fingerprint density at radius 1 is 1.12 bits per heavy atom. The second-order valence-electron chi connectivity index (χ2n) is 11.9. The van der Waals surface area contributed by atoms with Gasteiger partial charge >= 0.3 is 0 Å². The Kier molecular flexibility index (Phi) is 6.61. The number of ether oxygens (including phenoxy) is 2. The number of nitriles is 1. The lowest BCUT2D eigenvalue weighted by molar-refractivity contribution is -0.116. The molecule has 0 saturated heterocycles. The molecule has 9 heteroatoms. The Balaban J connectivity index is 1.07. The van der Waals surface area contributed by atoms with E-state index in [1.807, 2.05) is 38.1 Å². The van der Waals surface area contributed by atoms with E-state index in [2.05, 4.69) is 10.1 Å². The van der Waals surface area contributed by atoms with Crippen LogP contribution in [0.1, 0.15) is 83.2 Å². The fraction of sp³-hybridized carbons (Fsp3) is 0.469. The highest BCUT2D eigenvalue weighted by atomic mass is 32.1. The number of para-hydroxylation sites is 1. The lowest BCUT2D eigenvalue weighted by Crippen LogP contribution is -2.44. The molecule has 2 aromatic heterocycles. The number of aliphatic hydroxyl groups is 1. The second kappa shape index (κ2) is 10.2. The molecule has 0 spiro atoms. The molecule has 2 bridgehead atoms. The fourth-order valence-electron chi connectivity index (χ4n) is 6.87. The van der Waals surface area contributed by atoms with Crippen molar-refractivity contribution in [3.05, 3.63) is 74.9 Å². The third-order valence-corrected chi connectivity index (χ3v) is 10.3. The molecule has 7 nitrogen and oxygen atoms in total. The Morgan fingerprint density at radius 3 is 2.54 bits per heavy atom. The van der Waals surface area contributed by atoms with Crippen LogP contribution in [0, 0.1) is 42.8 Å². The SMILES string of the molecule is Cc1cccc(C)c1OCc1noc(C2CC2)c1COC1C[C@H]2CC[C@@H](C1)C2(O)c1nc2c(F)cc(C#N)cc2s1. The summed E-state index contributed by atoms with van der Waals surface area (Å²) in [6.45, 7) is 4.79. The number of hydrogen-bond donors (Lipinski definition) is 1. The molecule has 41 heavy (non-hydrogen) atoms. The fourth-order valence-corrected chi connectivity index (χ4v) is 8.14. The number of hydrogen-bond acceptors (Lipinski definition) is 8. The quantitative estimate of drug-likeness (QED) is 0.243. The van der Waals surface area contributed by atoms with Crippen LogP contribution in [0.4, 0.5) is 4.39 Å². The molecule has 2 aromatic carbocycles. The van der Waals surface area contributed by atoms with Crippen molar-refractivity contribution in [3.63, 3.8) is 0 Å². The largest absolute Gasteiger partial charge is 0.487 e. The lowest BCUT2D eigenvalue weighted by Gasteiger charge is -2.41. The van der Waals surface area contributed by atoms with E-state index in [0.29, 0.717) is 41.7 Å². The van der Waals surface area contributed by atoms with E-state index in [0.717, 1.165) is 59.6 Å². The first kappa shape index (κ1) is 26.6. The van der Waals surface area contributed by atoms with Gasteiger partial charge in [0.2, 0.25) is 0 Å². The van der Waals surface area contributed by atoms with Gasteiger partial charge in [-0.3, -0.25) is 0 Å². The van der Waals surface area contributed by atoms with E-state index in [1.54, 1.807) is 6.07 Å². The van der Waals surface area contributed by atoms with Gasteiger partial charge in [-0.25, -0.2) is 9.37 Å². The first-order valence-electron chi connectivity index (χ1n) is 14.4. The molecular formula is C32H32FN3O4S. The summed E-state index contributed by atoms with van der Waals surface area (Å²) in [5.74, 6) is 1.60. The van der Waals surface area contributed by atoms with E-state index in [9.17, 15) is 14.8 Å². The van der Waals surface area contributed by atoms with Crippen LogP contribution < -0.4 is 4.74 Å². The number of nitrogens with zero attached hydrogens (tertiary/aromatic N) is 3. The van der Waals surface area contributed by atoms with Crippen molar-refractivity contribution in [2.75, 3.05) is 0 Å². The molecule has 4 aromatic rings. The van der Waals surface area contributed by atoms with Gasteiger partial charge in [0.15, 0.2) is 5.82 Å². The third-order valence-electron chi connectivity index (χ3n) is 9.20. The summed E-state index contributed by atoms with van der Waals surface area (Å²) in [5.41, 5.74) is 3.31. The molecular weight excluding hydrogens is 541 g/mol. The minimum Gasteiger partial charge on any atom is -0.487 e. The summed E-state index contributed by atoms with van der Waals surface area (Å²) in [4.78, 5) is 4.55. The van der Waals surface area contributed by atoms with Gasteiger partial charge in [-0.05, 0) is 87.5 Å². The van der Waals surface area contributed by atoms with Crippen LogP contribution in [-0.2, 0) is 23.6 Å². The van der Waals surface area contributed by atoms with Crippen LogP contribution >= 0.6 is 11.3 Å². The van der Waals surface area contributed by atoms with Crippen LogP contribution in [0.5, 0.6) is 5.75 Å². The smallest absolute Gasteiger partial charge is 0.151 e. The molecule has 3 saturated carbocycles. The van der Waals surface area contributed by atoms with Gasteiger partial charge in [0.25, 0.3) is 0 Å². The maximum absolute atomic E-state index is 14.6. The van der Waals surface area contributed by atoms with Crippen LogP contribution in [0.15, 0.2) is 34.9 Å². The number of fused-ring (bicyclic) bond motifs is 3. The van der Waals surface area contributed by atoms with Crippen molar-refractivity contribution in [1.82, 2.24) is 10.1 Å². The topological polar surface area (TPSA) is 101 Å². The Morgan fingerprint density at radius 2 is 1.85 bits per heavy atom. The number of halogens is 1. The standard InChI is InChI=1S/C32H32FN3O4S/c1-17-4-3-5-18(2)29(17)39-16-26-24(30(40-36-26)20-6-7-20)15-38-23-12-21-8-9-22(13-23)32(21,37)31-35-28-25(33)10-19(14-34)11-27(28)41-31/h3-5,10-11,20-23,37H,6-9,12-13,15-16H2,1-2H3/t21-,22+,23?,32?. The van der Waals surface area contributed by atoms with Gasteiger partial charge in [-0.2, -0.15) is 5.26 Å². The van der Waals surface area contributed by atoms with E-state index in [-0.39, 0.29) is 29.0 Å². The van der Waals surface area contributed by atoms with E-state index >= 15 is 0 Å². The molecule has 3 aliphatic rings. The molecule has 3 fully saturated rings. The summed E-state index contributed by atoms with van der Waals surface area (Å²) >= 11 is 1.30. The predicted molar refractivity (Wildman–Crippen MR) is 151 cm³/mol. The van der Waals surface area contributed by atoms with Crippen molar-refractivity contribution < 1.29 is 23.5 Å². The highest BCUT2D eigenvalue weighted by Crippen LogP contribution is 2.57. The summed E-state index contributed by atoms with van der Waals surface area (Å²) in [7, 11) is 0. The second-order valence-corrected chi connectivity index (χ2v) is 12.9. The van der Waals surface area contributed by atoms with Crippen LogP contribution in [-0.4, -0.2) is 21.4 Å². The summed E-state index contributed by atoms with van der Waals surface area (Å²) < 4.78 is 33.8. The van der Waals surface area contributed by atoms with E-state index in [4.69, 9.17) is 14.0 Å². The molecule has 0 radical (unpaired) electrons. The van der Waals surface area contributed by atoms with Gasteiger partial charge in [-0.1, -0.05) is 23.4 Å². The summed E-state index contributed by atoms with van der Waals surface area (Å²) in [6, 6.07) is 11.0. The van der Waals surface area contributed by atoms with Crippen molar-refractivity contribution in [2.45, 2.75) is 83.2 Å². The highest BCUT2D eigenvalue weighted by Gasteiger charge is 2.56. The van der Waals surface area contributed by atoms with Crippen molar-refractivity contribution in [2.24, 2.45) is 11.8 Å². The molecule has 2 unspecified atom stereocenters. The predicted octanol–water partition coefficient (Wildman–Crippen LogP) is 6.96. The van der Waals surface area contributed by atoms with Crippen molar-refractivity contribution in [3.8, 4) is 11.8 Å². The average Bonchev–Trinajstić information content (AvgIpc) is 3.54. The Labute approximate surface area is 241 Å². The maximum atomic E-state index is 14.6. The normalized spacial score (nSPS) is 25.5. The van der Waals surface area contributed by atoms with Crippen molar-refractivity contribution >= 4 is 21.6 Å². The lowest BCUT2D eigenvalue weighted by atomic mass is 9.73. The third kappa shape index (κ3) is 4.62. The number of benzene rings is 2. The van der Waals surface area contributed by atoms with E-state index < -0.39 is 11.4 Å². The molecule has 3 aliphatic carbocycles. The highest BCUT2D eigenvalue weighted by molar-refractivity contribution is 7.18. The molecule has 1 N–H and O–H groups in total. The van der Waals surface area contributed by atoms with Gasteiger partial charge in [0.05, 0.1) is 29.0 Å². The monoisotopic (exact) mass is 573 g/mol. The Hall–Kier alpha value is -3.32. The average molecular weight is 574 g/mol. The molecule has 0 amide bonds. The van der Waals surface area contributed by atoms with Gasteiger partial charge in [0.1, 0.15) is 39.9 Å². The molecule has 7 rings (SSSR count). The Bertz CT molecular complexity index is 1640. The van der Waals surface area contributed by atoms with Crippen LogP contribution in [0.3, 0.4) is 0 Å². The zero-order valence-corrected chi connectivity index (χ0v) is 24.0. The number of aromatic nitrogens is 2. The van der Waals surface area contributed by atoms with Gasteiger partial charge in [-0.15, -0.1) is 11.3 Å². The number of rotatable bonds is 8.